The van der Waals surface area contributed by atoms with Gasteiger partial charge in [-0.2, -0.15) is 0 Å². The molecule has 3 heteroatoms. The summed E-state index contributed by atoms with van der Waals surface area (Å²) < 4.78 is 13.5. The monoisotopic (exact) mass is 236 g/mol. The van der Waals surface area contributed by atoms with Crippen molar-refractivity contribution in [3.05, 3.63) is 30.3 Å². The zero-order chi connectivity index (χ0) is 12.3. The van der Waals surface area contributed by atoms with Crippen molar-refractivity contribution in [3.8, 4) is 0 Å². The molecule has 17 heavy (non-hydrogen) atoms. The highest BCUT2D eigenvalue weighted by atomic mass is 19.2. The summed E-state index contributed by atoms with van der Waals surface area (Å²) in [4.78, 5) is 0. The summed E-state index contributed by atoms with van der Waals surface area (Å²) in [7, 11) is 1.53. The molecule has 0 radical (unpaired) electrons. The molecule has 94 valence electrons. The number of anilines is 1. The van der Waals surface area contributed by atoms with E-state index in [0.29, 0.717) is 5.92 Å². The second-order valence-corrected chi connectivity index (χ2v) is 5.04. The smallest absolute Gasteiger partial charge is 0.0603 e. The minimum atomic E-state index is -0.0149. The first-order chi connectivity index (χ1) is 8.18. The van der Waals surface area contributed by atoms with Crippen LogP contribution in [0.4, 0.5) is 10.2 Å². The lowest BCUT2D eigenvalue weighted by Gasteiger charge is -2.39. The zero-order valence-corrected chi connectivity index (χ0v) is 10.6. The SMILES string of the molecule is CC1CCCC(N(C)F)C1Nc1ccccc1. The van der Waals surface area contributed by atoms with E-state index >= 15 is 0 Å². The van der Waals surface area contributed by atoms with Crippen molar-refractivity contribution >= 4 is 5.69 Å². The average molecular weight is 236 g/mol. The van der Waals surface area contributed by atoms with Gasteiger partial charge in [0, 0.05) is 18.8 Å². The second kappa shape index (κ2) is 5.50. The fraction of sp³-hybridized carbons (Fsp3) is 0.571. The molecule has 1 N–H and O–H groups in total. The number of para-hydroxylation sites is 1. The van der Waals surface area contributed by atoms with Gasteiger partial charge >= 0.3 is 0 Å². The molecule has 0 bridgehead atoms. The number of hydrogen-bond donors (Lipinski definition) is 1. The van der Waals surface area contributed by atoms with Crippen LogP contribution >= 0.6 is 0 Å². The number of rotatable bonds is 3. The summed E-state index contributed by atoms with van der Waals surface area (Å²) in [5.41, 5.74) is 1.08. The third kappa shape index (κ3) is 2.97. The number of nitrogens with zero attached hydrogens (tertiary/aromatic N) is 1. The maximum Gasteiger partial charge on any atom is 0.0603 e. The van der Waals surface area contributed by atoms with E-state index in [1.807, 2.05) is 30.3 Å². The van der Waals surface area contributed by atoms with E-state index < -0.39 is 0 Å². The van der Waals surface area contributed by atoms with Gasteiger partial charge < -0.3 is 5.32 Å². The van der Waals surface area contributed by atoms with Crippen LogP contribution in [0.25, 0.3) is 0 Å². The van der Waals surface area contributed by atoms with Gasteiger partial charge in [-0.05, 0) is 30.9 Å². The summed E-state index contributed by atoms with van der Waals surface area (Å²) in [6.07, 6.45) is 3.23. The minimum Gasteiger partial charge on any atom is -0.380 e. The van der Waals surface area contributed by atoms with Crippen LogP contribution in [0.2, 0.25) is 0 Å². The molecule has 1 fully saturated rings. The van der Waals surface area contributed by atoms with Crippen LogP contribution in [0.5, 0.6) is 0 Å². The van der Waals surface area contributed by atoms with Crippen molar-refractivity contribution in [2.24, 2.45) is 5.92 Å². The molecule has 2 nitrogen and oxygen atoms in total. The van der Waals surface area contributed by atoms with Gasteiger partial charge in [0.05, 0.1) is 6.04 Å². The molecule has 1 aliphatic rings. The number of halogens is 1. The second-order valence-electron chi connectivity index (χ2n) is 5.04. The first-order valence-corrected chi connectivity index (χ1v) is 6.38. The largest absolute Gasteiger partial charge is 0.380 e. The van der Waals surface area contributed by atoms with E-state index in [2.05, 4.69) is 12.2 Å². The molecule has 2 rings (SSSR count). The fourth-order valence-corrected chi connectivity index (χ4v) is 2.75. The number of likely N-dealkylation sites (N-methyl/N-ethyl adjacent to an activating group) is 1. The molecular formula is C14H21FN2. The molecule has 0 aromatic heterocycles. The molecular weight excluding hydrogens is 215 g/mol. The lowest BCUT2D eigenvalue weighted by atomic mass is 9.82. The standard InChI is InChI=1S/C14H21FN2/c1-11-7-6-10-13(17(2)15)14(11)16-12-8-4-3-5-9-12/h3-5,8-9,11,13-14,16H,6-7,10H2,1-2H3. The Balaban J connectivity index is 2.09. The lowest BCUT2D eigenvalue weighted by molar-refractivity contribution is -0.0211. The van der Waals surface area contributed by atoms with Gasteiger partial charge in [0.1, 0.15) is 0 Å². The van der Waals surface area contributed by atoms with E-state index in [1.54, 1.807) is 0 Å². The highest BCUT2D eigenvalue weighted by Crippen LogP contribution is 2.30. The molecule has 0 saturated heterocycles. The lowest BCUT2D eigenvalue weighted by Crippen LogP contribution is -2.48. The number of benzene rings is 1. The molecule has 0 aliphatic heterocycles. The maximum absolute atomic E-state index is 13.5. The predicted octanol–water partition coefficient (Wildman–Crippen LogP) is 3.47. The van der Waals surface area contributed by atoms with Crippen LogP contribution in [-0.2, 0) is 0 Å². The fourth-order valence-electron chi connectivity index (χ4n) is 2.75. The van der Waals surface area contributed by atoms with Crippen molar-refractivity contribution in [1.29, 1.82) is 0 Å². The van der Waals surface area contributed by atoms with Gasteiger partial charge in [-0.15, -0.1) is 9.60 Å². The van der Waals surface area contributed by atoms with Gasteiger partial charge in [-0.1, -0.05) is 31.5 Å². The van der Waals surface area contributed by atoms with E-state index in [1.165, 1.54) is 13.5 Å². The van der Waals surface area contributed by atoms with E-state index in [9.17, 15) is 4.48 Å². The van der Waals surface area contributed by atoms with Crippen LogP contribution in [0.15, 0.2) is 30.3 Å². The number of hydrogen-bond acceptors (Lipinski definition) is 2. The van der Waals surface area contributed by atoms with Crippen LogP contribution in [-0.4, -0.2) is 24.3 Å². The van der Waals surface area contributed by atoms with E-state index in [0.717, 1.165) is 23.7 Å². The van der Waals surface area contributed by atoms with Gasteiger partial charge in [0.25, 0.3) is 0 Å². The highest BCUT2D eigenvalue weighted by molar-refractivity contribution is 5.44. The Morgan fingerprint density at radius 2 is 1.94 bits per heavy atom. The van der Waals surface area contributed by atoms with Crippen molar-refractivity contribution in [1.82, 2.24) is 5.12 Å². The summed E-state index contributed by atoms with van der Waals surface area (Å²) in [5.74, 6) is 0.507. The van der Waals surface area contributed by atoms with Crippen molar-refractivity contribution in [2.75, 3.05) is 12.4 Å². The van der Waals surface area contributed by atoms with Gasteiger partial charge in [0.2, 0.25) is 0 Å². The first-order valence-electron chi connectivity index (χ1n) is 6.38. The summed E-state index contributed by atoms with van der Waals surface area (Å²) in [5, 5.41) is 4.35. The minimum absolute atomic E-state index is 0.0149. The molecule has 3 unspecified atom stereocenters. The Kier molecular flexibility index (Phi) is 4.00. The van der Waals surface area contributed by atoms with E-state index in [4.69, 9.17) is 0 Å². The Hall–Kier alpha value is -1.09. The molecule has 1 aliphatic carbocycles. The molecule has 0 spiro atoms. The maximum atomic E-state index is 13.5. The van der Waals surface area contributed by atoms with Crippen molar-refractivity contribution < 1.29 is 4.48 Å². The third-order valence-electron chi connectivity index (χ3n) is 3.75. The summed E-state index contributed by atoms with van der Waals surface area (Å²) >= 11 is 0. The quantitative estimate of drug-likeness (QED) is 0.808. The Morgan fingerprint density at radius 3 is 2.59 bits per heavy atom. The average Bonchev–Trinajstić information content (AvgIpc) is 2.33. The number of nitrogens with one attached hydrogen (secondary N) is 1. The molecule has 1 saturated carbocycles. The van der Waals surface area contributed by atoms with Crippen molar-refractivity contribution in [3.63, 3.8) is 0 Å². The first kappa shape index (κ1) is 12.4. The predicted molar refractivity (Wildman–Crippen MR) is 69.5 cm³/mol. The van der Waals surface area contributed by atoms with Crippen LogP contribution < -0.4 is 5.32 Å². The third-order valence-corrected chi connectivity index (χ3v) is 3.75. The van der Waals surface area contributed by atoms with Crippen LogP contribution in [0.3, 0.4) is 0 Å². The van der Waals surface area contributed by atoms with Crippen LogP contribution in [0, 0.1) is 5.92 Å². The topological polar surface area (TPSA) is 15.3 Å². The summed E-state index contributed by atoms with van der Waals surface area (Å²) in [6.45, 7) is 2.20. The Morgan fingerprint density at radius 1 is 1.24 bits per heavy atom. The molecule has 1 aromatic rings. The van der Waals surface area contributed by atoms with Gasteiger partial charge in [-0.25, -0.2) is 0 Å². The highest BCUT2D eigenvalue weighted by Gasteiger charge is 2.33. The molecule has 1 aromatic carbocycles. The molecule has 0 heterocycles. The van der Waals surface area contributed by atoms with Crippen LogP contribution in [0.1, 0.15) is 26.2 Å². The Bertz CT molecular complexity index is 339. The normalized spacial score (nSPS) is 29.3. The zero-order valence-electron chi connectivity index (χ0n) is 10.6. The van der Waals surface area contributed by atoms with E-state index in [-0.39, 0.29) is 12.1 Å². The van der Waals surface area contributed by atoms with Crippen molar-refractivity contribution in [2.45, 2.75) is 38.3 Å². The van der Waals surface area contributed by atoms with Gasteiger partial charge in [0.15, 0.2) is 0 Å². The van der Waals surface area contributed by atoms with Gasteiger partial charge in [-0.3, -0.25) is 0 Å². The molecule has 3 atom stereocenters. The molecule has 0 amide bonds. The summed E-state index contributed by atoms with van der Waals surface area (Å²) in [6, 6.07) is 10.3. The Labute approximate surface area is 103 Å².